The Morgan fingerprint density at radius 1 is 0.824 bits per heavy atom. The number of nitrogens with zero attached hydrogens (tertiary/aromatic N) is 1. The number of ether oxygens (including phenoxy) is 1. The smallest absolute Gasteiger partial charge is 0.350 e. The van der Waals surface area contributed by atoms with Crippen LogP contribution >= 0.6 is 11.3 Å². The maximum atomic E-state index is 13.5. The molecule has 0 unspecified atom stereocenters. The second-order valence-corrected chi connectivity index (χ2v) is 8.66. The number of hydrogen-bond donors (Lipinski definition) is 1. The molecule has 1 amide bonds. The molecule has 0 fully saturated rings. The van der Waals surface area contributed by atoms with Gasteiger partial charge in [-0.2, -0.15) is 0 Å². The number of pyridine rings is 1. The van der Waals surface area contributed by atoms with E-state index in [1.807, 2.05) is 91.0 Å². The van der Waals surface area contributed by atoms with Gasteiger partial charge in [0, 0.05) is 15.8 Å². The molecule has 0 bridgehead atoms. The summed E-state index contributed by atoms with van der Waals surface area (Å²) in [6.45, 7) is 0. The van der Waals surface area contributed by atoms with Gasteiger partial charge in [0.25, 0.3) is 5.91 Å². The minimum Gasteiger partial charge on any atom is -0.465 e. The normalized spacial score (nSPS) is 10.7. The van der Waals surface area contributed by atoms with Gasteiger partial charge in [0.1, 0.15) is 4.88 Å². The van der Waals surface area contributed by atoms with Gasteiger partial charge in [-0.3, -0.25) is 4.79 Å². The quantitative estimate of drug-likeness (QED) is 0.295. The van der Waals surface area contributed by atoms with Gasteiger partial charge in [-0.05, 0) is 23.8 Å². The summed E-state index contributed by atoms with van der Waals surface area (Å²) in [4.78, 5) is 32.0. The molecule has 0 saturated carbocycles. The van der Waals surface area contributed by atoms with E-state index in [-0.39, 0.29) is 5.91 Å². The molecule has 6 heteroatoms. The van der Waals surface area contributed by atoms with E-state index in [0.29, 0.717) is 21.8 Å². The number of aromatic nitrogens is 1. The number of hydrogen-bond acceptors (Lipinski definition) is 5. The molecule has 2 aromatic heterocycles. The van der Waals surface area contributed by atoms with E-state index in [1.165, 1.54) is 18.4 Å². The van der Waals surface area contributed by atoms with Crippen molar-refractivity contribution in [3.63, 3.8) is 0 Å². The van der Waals surface area contributed by atoms with Crippen LogP contribution < -0.4 is 5.32 Å². The number of methoxy groups -OCH3 is 1. The number of carbonyl (C=O) groups is 2. The lowest BCUT2D eigenvalue weighted by molar-refractivity contribution is 0.0607. The zero-order chi connectivity index (χ0) is 23.5. The first kappa shape index (κ1) is 21.6. The largest absolute Gasteiger partial charge is 0.465 e. The molecule has 5 aromatic rings. The van der Waals surface area contributed by atoms with Crippen molar-refractivity contribution >= 4 is 39.8 Å². The predicted octanol–water partition coefficient (Wildman–Crippen LogP) is 6.67. The third-order valence-corrected chi connectivity index (χ3v) is 6.60. The summed E-state index contributed by atoms with van der Waals surface area (Å²) in [6, 6.07) is 30.6. The molecular weight excluding hydrogens is 444 g/mol. The average Bonchev–Trinajstić information content (AvgIpc) is 3.32. The van der Waals surface area contributed by atoms with E-state index in [4.69, 9.17) is 9.72 Å². The average molecular weight is 465 g/mol. The molecule has 0 atom stereocenters. The second-order valence-electron chi connectivity index (χ2n) is 7.60. The van der Waals surface area contributed by atoms with Gasteiger partial charge in [0.2, 0.25) is 0 Å². The van der Waals surface area contributed by atoms with Gasteiger partial charge in [-0.25, -0.2) is 9.78 Å². The fraction of sp³-hybridized carbons (Fsp3) is 0.0357. The summed E-state index contributed by atoms with van der Waals surface area (Å²) in [5.41, 5.74) is 4.19. The van der Waals surface area contributed by atoms with Crippen LogP contribution in [0.25, 0.3) is 32.6 Å². The Morgan fingerprint density at radius 2 is 1.47 bits per heavy atom. The van der Waals surface area contributed by atoms with Crippen molar-refractivity contribution in [3.8, 4) is 21.7 Å². The number of carbonyl (C=O) groups excluding carboxylic acids is 2. The van der Waals surface area contributed by atoms with Crippen molar-refractivity contribution in [2.45, 2.75) is 0 Å². The van der Waals surface area contributed by atoms with E-state index >= 15 is 0 Å². The highest BCUT2D eigenvalue weighted by Gasteiger charge is 2.21. The van der Waals surface area contributed by atoms with Crippen molar-refractivity contribution < 1.29 is 14.3 Å². The lowest BCUT2D eigenvalue weighted by Crippen LogP contribution is -2.15. The van der Waals surface area contributed by atoms with E-state index in [1.54, 1.807) is 6.07 Å². The van der Waals surface area contributed by atoms with Gasteiger partial charge in [0.15, 0.2) is 0 Å². The number of rotatable bonds is 5. The van der Waals surface area contributed by atoms with Crippen LogP contribution in [0.4, 0.5) is 5.69 Å². The van der Waals surface area contributed by atoms with Gasteiger partial charge in [-0.15, -0.1) is 11.3 Å². The Labute approximate surface area is 200 Å². The Balaban J connectivity index is 1.58. The van der Waals surface area contributed by atoms with E-state index in [0.717, 1.165) is 26.9 Å². The molecule has 1 N–H and O–H groups in total. The first-order valence-electron chi connectivity index (χ1n) is 10.7. The predicted molar refractivity (Wildman–Crippen MR) is 136 cm³/mol. The first-order valence-corrected chi connectivity index (χ1v) is 11.5. The summed E-state index contributed by atoms with van der Waals surface area (Å²) in [6.07, 6.45) is 0. The minimum absolute atomic E-state index is 0.321. The lowest BCUT2D eigenvalue weighted by atomic mass is 10.0. The number of para-hydroxylation sites is 1. The van der Waals surface area contributed by atoms with Crippen LogP contribution in [0.1, 0.15) is 20.0 Å². The molecule has 0 aliphatic rings. The molecule has 0 spiro atoms. The Bertz CT molecular complexity index is 1490. The molecule has 3 aromatic carbocycles. The molecule has 0 saturated heterocycles. The monoisotopic (exact) mass is 464 g/mol. The van der Waals surface area contributed by atoms with Crippen LogP contribution in [-0.2, 0) is 4.74 Å². The van der Waals surface area contributed by atoms with Crippen molar-refractivity contribution in [2.24, 2.45) is 0 Å². The Kier molecular flexibility index (Phi) is 5.89. The number of nitrogens with one attached hydrogen (secondary N) is 1. The molecular formula is C28H20N2O3S. The number of anilines is 1. The van der Waals surface area contributed by atoms with Crippen LogP contribution in [0, 0.1) is 0 Å². The zero-order valence-corrected chi connectivity index (χ0v) is 19.1. The number of thiophene rings is 1. The van der Waals surface area contributed by atoms with Crippen molar-refractivity contribution in [1.29, 1.82) is 0 Å². The van der Waals surface area contributed by atoms with Crippen LogP contribution in [0.15, 0.2) is 97.1 Å². The van der Waals surface area contributed by atoms with Crippen molar-refractivity contribution in [2.75, 3.05) is 12.4 Å². The highest BCUT2D eigenvalue weighted by Crippen LogP contribution is 2.36. The fourth-order valence-electron chi connectivity index (χ4n) is 3.78. The molecule has 166 valence electrons. The zero-order valence-electron chi connectivity index (χ0n) is 18.3. The number of esters is 1. The third kappa shape index (κ3) is 4.19. The van der Waals surface area contributed by atoms with Gasteiger partial charge >= 0.3 is 5.97 Å². The molecule has 0 aliphatic carbocycles. The van der Waals surface area contributed by atoms with E-state index in [9.17, 15) is 9.59 Å². The minimum atomic E-state index is -0.493. The number of amides is 1. The number of benzene rings is 3. The lowest BCUT2D eigenvalue weighted by Gasteiger charge is -2.11. The number of fused-ring (bicyclic) bond motifs is 1. The second kappa shape index (κ2) is 9.29. The highest BCUT2D eigenvalue weighted by atomic mass is 32.1. The van der Waals surface area contributed by atoms with Crippen LogP contribution in [0.3, 0.4) is 0 Å². The van der Waals surface area contributed by atoms with Crippen molar-refractivity contribution in [3.05, 3.63) is 108 Å². The molecule has 0 aliphatic heterocycles. The SMILES string of the molecule is COC(=O)c1sc(-c2ccccc2)cc1NC(=O)c1cc(-c2ccccc2)nc2ccccc12. The maximum absolute atomic E-state index is 13.5. The summed E-state index contributed by atoms with van der Waals surface area (Å²) in [5.74, 6) is -0.814. The van der Waals surface area contributed by atoms with Gasteiger partial charge in [-0.1, -0.05) is 78.9 Å². The molecule has 5 nitrogen and oxygen atoms in total. The first-order chi connectivity index (χ1) is 16.6. The summed E-state index contributed by atoms with van der Waals surface area (Å²) >= 11 is 1.28. The highest BCUT2D eigenvalue weighted by molar-refractivity contribution is 7.18. The Hall–Kier alpha value is -4.29. The van der Waals surface area contributed by atoms with E-state index < -0.39 is 5.97 Å². The third-order valence-electron chi connectivity index (χ3n) is 5.44. The van der Waals surface area contributed by atoms with Crippen molar-refractivity contribution in [1.82, 2.24) is 4.98 Å². The standard InChI is InChI=1S/C28H20N2O3S/c1-33-28(32)26-24(17-25(34-26)19-12-6-3-7-13-19)30-27(31)21-16-23(18-10-4-2-5-11-18)29-22-15-9-8-14-20(21)22/h2-17H,1H3,(H,30,31). The van der Waals surface area contributed by atoms with Gasteiger partial charge in [0.05, 0.1) is 29.6 Å². The van der Waals surface area contributed by atoms with Crippen LogP contribution in [0.2, 0.25) is 0 Å². The fourth-order valence-corrected chi connectivity index (χ4v) is 4.82. The molecule has 5 rings (SSSR count). The molecule has 2 heterocycles. The van der Waals surface area contributed by atoms with Crippen LogP contribution in [-0.4, -0.2) is 24.0 Å². The summed E-state index contributed by atoms with van der Waals surface area (Å²) in [7, 11) is 1.33. The topological polar surface area (TPSA) is 68.3 Å². The van der Waals surface area contributed by atoms with E-state index in [2.05, 4.69) is 5.32 Å². The summed E-state index contributed by atoms with van der Waals surface area (Å²) in [5, 5.41) is 3.68. The Morgan fingerprint density at radius 3 is 2.18 bits per heavy atom. The molecule has 0 radical (unpaired) electrons. The maximum Gasteiger partial charge on any atom is 0.350 e. The van der Waals surface area contributed by atoms with Crippen LogP contribution in [0.5, 0.6) is 0 Å². The van der Waals surface area contributed by atoms with Gasteiger partial charge < -0.3 is 10.1 Å². The summed E-state index contributed by atoms with van der Waals surface area (Å²) < 4.78 is 4.97. The molecule has 34 heavy (non-hydrogen) atoms.